The van der Waals surface area contributed by atoms with Gasteiger partial charge in [-0.15, -0.1) is 0 Å². The van der Waals surface area contributed by atoms with Crippen LogP contribution in [0.25, 0.3) is 0 Å². The zero-order valence-electron chi connectivity index (χ0n) is 18.5. The molecule has 7 heteroatoms. The Balaban J connectivity index is 1.85. The average molecular weight is 433 g/mol. The van der Waals surface area contributed by atoms with Gasteiger partial charge < -0.3 is 24.4 Å². The van der Waals surface area contributed by atoms with Crippen LogP contribution < -0.4 is 0 Å². The predicted octanol–water partition coefficient (Wildman–Crippen LogP) is 2.48. The molecule has 1 spiro atoms. The minimum atomic E-state index is -1.27. The molecule has 1 aromatic carbocycles. The molecule has 2 saturated carbocycles. The maximum atomic E-state index is 13.0. The molecule has 3 aliphatic rings. The average Bonchev–Trinajstić information content (AvgIpc) is 2.99. The van der Waals surface area contributed by atoms with Gasteiger partial charge in [0.1, 0.15) is 12.2 Å². The van der Waals surface area contributed by atoms with Crippen molar-refractivity contribution in [3.63, 3.8) is 0 Å². The van der Waals surface area contributed by atoms with Crippen molar-refractivity contribution in [2.75, 3.05) is 6.61 Å². The lowest BCUT2D eigenvalue weighted by Gasteiger charge is -2.61. The van der Waals surface area contributed by atoms with Gasteiger partial charge in [-0.1, -0.05) is 25.1 Å². The summed E-state index contributed by atoms with van der Waals surface area (Å²) in [5.74, 6) is -1.35. The van der Waals surface area contributed by atoms with Crippen molar-refractivity contribution in [2.24, 2.45) is 17.3 Å². The quantitative estimate of drug-likeness (QED) is 0.705. The van der Waals surface area contributed by atoms with E-state index < -0.39 is 53.5 Å². The minimum absolute atomic E-state index is 0.0150. The van der Waals surface area contributed by atoms with E-state index in [1.807, 2.05) is 13.8 Å². The van der Waals surface area contributed by atoms with Crippen LogP contribution in [0.1, 0.15) is 57.3 Å². The molecule has 2 aliphatic carbocycles. The van der Waals surface area contributed by atoms with Crippen molar-refractivity contribution >= 4 is 11.9 Å². The van der Waals surface area contributed by atoms with Gasteiger partial charge >= 0.3 is 11.9 Å². The van der Waals surface area contributed by atoms with Crippen molar-refractivity contribution in [3.05, 3.63) is 35.9 Å². The number of esters is 2. The monoisotopic (exact) mass is 432 g/mol. The van der Waals surface area contributed by atoms with Gasteiger partial charge in [0.25, 0.3) is 0 Å². The number of hydrogen-bond acceptors (Lipinski definition) is 7. The molecule has 2 N–H and O–H groups in total. The third-order valence-electron chi connectivity index (χ3n) is 7.93. The molecule has 3 fully saturated rings. The highest BCUT2D eigenvalue weighted by molar-refractivity contribution is 5.89. The Hall–Kier alpha value is -1.96. The molecule has 170 valence electrons. The maximum Gasteiger partial charge on any atom is 0.338 e. The lowest BCUT2D eigenvalue weighted by Crippen LogP contribution is -2.73. The van der Waals surface area contributed by atoms with Gasteiger partial charge in [-0.25, -0.2) is 4.79 Å². The first kappa shape index (κ1) is 22.2. The van der Waals surface area contributed by atoms with Crippen LogP contribution >= 0.6 is 0 Å². The molecule has 1 aliphatic heterocycles. The summed E-state index contributed by atoms with van der Waals surface area (Å²) in [4.78, 5) is 25.0. The second-order valence-corrected chi connectivity index (χ2v) is 9.86. The Labute approximate surface area is 182 Å². The number of aliphatic hydroxyl groups excluding tert-OH is 2. The fraction of sp³-hybridized carbons (Fsp3) is 0.667. The van der Waals surface area contributed by atoms with Gasteiger partial charge in [0, 0.05) is 12.8 Å². The van der Waals surface area contributed by atoms with E-state index in [-0.39, 0.29) is 11.8 Å². The van der Waals surface area contributed by atoms with Crippen LogP contribution in [0.4, 0.5) is 0 Å². The molecule has 31 heavy (non-hydrogen) atoms. The van der Waals surface area contributed by atoms with E-state index in [2.05, 4.69) is 6.92 Å². The number of rotatable bonds is 4. The third-order valence-corrected chi connectivity index (χ3v) is 7.93. The van der Waals surface area contributed by atoms with Crippen molar-refractivity contribution in [1.82, 2.24) is 0 Å². The molecule has 1 aromatic rings. The fourth-order valence-electron chi connectivity index (χ4n) is 6.46. The highest BCUT2D eigenvalue weighted by Gasteiger charge is 2.77. The topological polar surface area (TPSA) is 102 Å². The number of hydrogen-bond donors (Lipinski definition) is 2. The van der Waals surface area contributed by atoms with E-state index in [1.165, 1.54) is 6.92 Å². The summed E-state index contributed by atoms with van der Waals surface area (Å²) in [6.45, 7) is 6.77. The maximum absolute atomic E-state index is 13.0. The molecule has 7 nitrogen and oxygen atoms in total. The van der Waals surface area contributed by atoms with E-state index in [0.717, 1.165) is 6.42 Å². The second-order valence-electron chi connectivity index (χ2n) is 9.86. The first-order valence-corrected chi connectivity index (χ1v) is 11.0. The zero-order chi connectivity index (χ0) is 22.6. The lowest BCUT2D eigenvalue weighted by molar-refractivity contribution is -0.286. The molecular weight excluding hydrogens is 400 g/mol. The summed E-state index contributed by atoms with van der Waals surface area (Å²) >= 11 is 0. The van der Waals surface area contributed by atoms with E-state index in [1.54, 1.807) is 30.3 Å². The van der Waals surface area contributed by atoms with Crippen LogP contribution in [0.2, 0.25) is 0 Å². The van der Waals surface area contributed by atoms with E-state index in [4.69, 9.17) is 14.2 Å². The standard InChI is InChI=1S/C24H32O7/c1-14-10-11-18(29-15(2)26)23(13-25)20(30-21(28)16-8-6-5-7-9-16)19(27)17-12-24(14,23)31-22(17,3)4/h5-9,14,17-20,25,27H,10-13H2,1-4H3/t14-,17+,18+,19+,20+,23+,24+/m1/s1. The number of ether oxygens (including phenoxy) is 3. The summed E-state index contributed by atoms with van der Waals surface area (Å²) in [6, 6.07) is 8.55. The van der Waals surface area contributed by atoms with Gasteiger partial charge in [-0.2, -0.15) is 0 Å². The van der Waals surface area contributed by atoms with Crippen molar-refractivity contribution < 1.29 is 34.0 Å². The van der Waals surface area contributed by atoms with Crippen LogP contribution in [0.3, 0.4) is 0 Å². The SMILES string of the molecule is CC(=O)O[C@H]1CC[C@@H](C)[C@@]23C[C@@H]([C@H](O)[C@H](OC(=O)c4ccccc4)[C@]12CO)C(C)(C)O3. The number of fused-ring (bicyclic) bond motifs is 1. The van der Waals surface area contributed by atoms with Crippen LogP contribution in [0, 0.1) is 17.3 Å². The minimum Gasteiger partial charge on any atom is -0.462 e. The van der Waals surface area contributed by atoms with Crippen LogP contribution in [0.5, 0.6) is 0 Å². The van der Waals surface area contributed by atoms with Crippen LogP contribution in [-0.2, 0) is 19.0 Å². The van der Waals surface area contributed by atoms with Gasteiger partial charge in [0.2, 0.25) is 0 Å². The smallest absolute Gasteiger partial charge is 0.338 e. The van der Waals surface area contributed by atoms with E-state index >= 15 is 0 Å². The number of carbonyl (C=O) groups is 2. The molecule has 4 rings (SSSR count). The highest BCUT2D eigenvalue weighted by Crippen LogP contribution is 2.66. The Bertz CT molecular complexity index is 853. The van der Waals surface area contributed by atoms with Gasteiger partial charge in [-0.3, -0.25) is 4.79 Å². The molecule has 2 bridgehead atoms. The van der Waals surface area contributed by atoms with Crippen LogP contribution in [-0.4, -0.2) is 58.3 Å². The van der Waals surface area contributed by atoms with Crippen LogP contribution in [0.15, 0.2) is 30.3 Å². The fourth-order valence-corrected chi connectivity index (χ4v) is 6.46. The zero-order valence-corrected chi connectivity index (χ0v) is 18.5. The largest absolute Gasteiger partial charge is 0.462 e. The highest BCUT2D eigenvalue weighted by atomic mass is 16.6. The summed E-state index contributed by atoms with van der Waals surface area (Å²) < 4.78 is 18.3. The molecule has 0 unspecified atom stereocenters. The Morgan fingerprint density at radius 3 is 2.45 bits per heavy atom. The lowest BCUT2D eigenvalue weighted by atomic mass is 9.49. The molecule has 0 radical (unpaired) electrons. The van der Waals surface area contributed by atoms with Gasteiger partial charge in [0.05, 0.1) is 34.9 Å². The molecule has 1 heterocycles. The Morgan fingerprint density at radius 2 is 1.84 bits per heavy atom. The summed E-state index contributed by atoms with van der Waals surface area (Å²) in [5, 5.41) is 22.3. The van der Waals surface area contributed by atoms with Crippen molar-refractivity contribution in [1.29, 1.82) is 0 Å². The second kappa shape index (κ2) is 7.57. The molecule has 7 atom stereocenters. The van der Waals surface area contributed by atoms with E-state index in [9.17, 15) is 19.8 Å². The number of carbonyl (C=O) groups excluding carboxylic acids is 2. The Morgan fingerprint density at radius 1 is 1.16 bits per heavy atom. The first-order valence-electron chi connectivity index (χ1n) is 11.0. The molecule has 0 aromatic heterocycles. The summed E-state index contributed by atoms with van der Waals surface area (Å²) in [6.07, 6.45) is -1.18. The summed E-state index contributed by atoms with van der Waals surface area (Å²) in [5.41, 5.74) is -2.51. The van der Waals surface area contributed by atoms with Crippen molar-refractivity contribution in [3.8, 4) is 0 Å². The van der Waals surface area contributed by atoms with Gasteiger partial charge in [0.15, 0.2) is 0 Å². The van der Waals surface area contributed by atoms with Gasteiger partial charge in [-0.05, 0) is 51.2 Å². The normalized spacial score (nSPS) is 40.6. The number of aliphatic hydroxyl groups is 2. The molecular formula is C24H32O7. The number of benzene rings is 1. The third kappa shape index (κ3) is 3.12. The summed E-state index contributed by atoms with van der Waals surface area (Å²) in [7, 11) is 0. The predicted molar refractivity (Wildman–Crippen MR) is 111 cm³/mol. The molecule has 1 saturated heterocycles. The Kier molecular flexibility index (Phi) is 5.43. The van der Waals surface area contributed by atoms with E-state index in [0.29, 0.717) is 18.4 Å². The first-order chi connectivity index (χ1) is 14.6. The van der Waals surface area contributed by atoms with Crippen molar-refractivity contribution in [2.45, 2.75) is 76.5 Å². The molecule has 0 amide bonds.